The van der Waals surface area contributed by atoms with E-state index in [9.17, 15) is 9.59 Å². The number of carbonyl (C=O) groups excluding carboxylic acids is 2. The molecule has 0 fully saturated rings. The first kappa shape index (κ1) is 14.6. The van der Waals surface area contributed by atoms with E-state index < -0.39 is 0 Å². The molecule has 0 saturated heterocycles. The minimum Gasteiger partial charge on any atom is -0.495 e. The van der Waals surface area contributed by atoms with Crippen LogP contribution in [0.2, 0.25) is 0 Å². The average molecular weight is 288 g/mol. The van der Waals surface area contributed by atoms with E-state index in [-0.39, 0.29) is 11.8 Å². The van der Waals surface area contributed by atoms with Crippen molar-refractivity contribution in [2.24, 2.45) is 0 Å². The lowest BCUT2D eigenvalue weighted by Gasteiger charge is -2.11. The Labute approximate surface area is 122 Å². The number of furan rings is 1. The summed E-state index contributed by atoms with van der Waals surface area (Å²) in [7, 11) is 1.50. The molecule has 21 heavy (non-hydrogen) atoms. The van der Waals surface area contributed by atoms with Gasteiger partial charge in [-0.3, -0.25) is 9.59 Å². The molecular weight excluding hydrogens is 272 g/mol. The first-order valence-electron chi connectivity index (χ1n) is 6.36. The van der Waals surface area contributed by atoms with E-state index in [0.717, 1.165) is 0 Å². The van der Waals surface area contributed by atoms with Crippen molar-refractivity contribution in [1.82, 2.24) is 5.32 Å². The SMILES string of the molecule is COc1ccc(C(=O)NCc2ccco2)cc1NC(C)=O. The molecule has 2 amide bonds. The van der Waals surface area contributed by atoms with Gasteiger partial charge in [0.2, 0.25) is 5.91 Å². The third-order valence-electron chi connectivity index (χ3n) is 2.78. The highest BCUT2D eigenvalue weighted by molar-refractivity contribution is 5.97. The van der Waals surface area contributed by atoms with Crippen LogP contribution in [-0.2, 0) is 11.3 Å². The van der Waals surface area contributed by atoms with Gasteiger partial charge >= 0.3 is 0 Å². The van der Waals surface area contributed by atoms with E-state index in [1.165, 1.54) is 14.0 Å². The van der Waals surface area contributed by atoms with Crippen molar-refractivity contribution in [3.8, 4) is 5.75 Å². The molecule has 6 heteroatoms. The summed E-state index contributed by atoms with van der Waals surface area (Å²) in [5.74, 6) is 0.661. The second-order valence-corrected chi connectivity index (χ2v) is 4.36. The van der Waals surface area contributed by atoms with Crippen LogP contribution in [0.5, 0.6) is 5.75 Å². The molecule has 1 heterocycles. The van der Waals surface area contributed by atoms with Crippen LogP contribution in [0.4, 0.5) is 5.69 Å². The number of methoxy groups -OCH3 is 1. The van der Waals surface area contributed by atoms with Gasteiger partial charge < -0.3 is 19.8 Å². The lowest BCUT2D eigenvalue weighted by molar-refractivity contribution is -0.114. The van der Waals surface area contributed by atoms with Crippen molar-refractivity contribution < 1.29 is 18.7 Å². The fourth-order valence-corrected chi connectivity index (χ4v) is 1.82. The smallest absolute Gasteiger partial charge is 0.251 e. The number of carbonyl (C=O) groups is 2. The number of anilines is 1. The Hall–Kier alpha value is -2.76. The van der Waals surface area contributed by atoms with Crippen molar-refractivity contribution in [3.05, 3.63) is 47.9 Å². The van der Waals surface area contributed by atoms with Crippen LogP contribution in [0, 0.1) is 0 Å². The molecular formula is C15H16N2O4. The lowest BCUT2D eigenvalue weighted by Crippen LogP contribution is -2.22. The van der Waals surface area contributed by atoms with Gasteiger partial charge in [0.25, 0.3) is 5.91 Å². The Kier molecular flexibility index (Phi) is 4.61. The summed E-state index contributed by atoms with van der Waals surface area (Å²) in [6, 6.07) is 8.35. The third-order valence-corrected chi connectivity index (χ3v) is 2.78. The molecule has 0 aliphatic rings. The molecule has 2 N–H and O–H groups in total. The van der Waals surface area contributed by atoms with Crippen molar-refractivity contribution in [3.63, 3.8) is 0 Å². The average Bonchev–Trinajstić information content (AvgIpc) is 2.97. The second-order valence-electron chi connectivity index (χ2n) is 4.36. The molecule has 0 atom stereocenters. The van der Waals surface area contributed by atoms with E-state index in [0.29, 0.717) is 29.3 Å². The summed E-state index contributed by atoms with van der Waals surface area (Å²) in [4.78, 5) is 23.2. The molecule has 0 saturated carbocycles. The summed E-state index contributed by atoms with van der Waals surface area (Å²) in [6.07, 6.45) is 1.55. The molecule has 0 aliphatic carbocycles. The Balaban J connectivity index is 2.11. The van der Waals surface area contributed by atoms with Gasteiger partial charge in [0.05, 0.1) is 25.6 Å². The van der Waals surface area contributed by atoms with E-state index in [4.69, 9.17) is 9.15 Å². The normalized spacial score (nSPS) is 10.0. The van der Waals surface area contributed by atoms with Gasteiger partial charge in [0, 0.05) is 12.5 Å². The first-order chi connectivity index (χ1) is 10.1. The Morgan fingerprint density at radius 2 is 2.10 bits per heavy atom. The Morgan fingerprint density at radius 3 is 2.71 bits per heavy atom. The Morgan fingerprint density at radius 1 is 1.29 bits per heavy atom. The molecule has 6 nitrogen and oxygen atoms in total. The van der Waals surface area contributed by atoms with Crippen molar-refractivity contribution in [2.75, 3.05) is 12.4 Å². The zero-order valence-electron chi connectivity index (χ0n) is 11.8. The molecule has 0 aliphatic heterocycles. The summed E-state index contributed by atoms with van der Waals surface area (Å²) in [5, 5.41) is 5.36. The third kappa shape index (κ3) is 3.85. The number of amides is 2. The van der Waals surface area contributed by atoms with Gasteiger partial charge in [0.1, 0.15) is 11.5 Å². The highest BCUT2D eigenvalue weighted by Crippen LogP contribution is 2.25. The molecule has 0 unspecified atom stereocenters. The van der Waals surface area contributed by atoms with Crippen LogP contribution in [0.25, 0.3) is 0 Å². The number of nitrogens with one attached hydrogen (secondary N) is 2. The topological polar surface area (TPSA) is 80.6 Å². The van der Waals surface area contributed by atoms with Crippen LogP contribution in [0.3, 0.4) is 0 Å². The number of hydrogen-bond donors (Lipinski definition) is 2. The van der Waals surface area contributed by atoms with Gasteiger partial charge in [-0.2, -0.15) is 0 Å². The van der Waals surface area contributed by atoms with Gasteiger partial charge in [0.15, 0.2) is 0 Å². The first-order valence-corrected chi connectivity index (χ1v) is 6.36. The monoisotopic (exact) mass is 288 g/mol. The van der Waals surface area contributed by atoms with Crippen molar-refractivity contribution in [1.29, 1.82) is 0 Å². The zero-order chi connectivity index (χ0) is 15.2. The minimum absolute atomic E-state index is 0.235. The molecule has 110 valence electrons. The number of benzene rings is 1. The highest BCUT2D eigenvalue weighted by atomic mass is 16.5. The van der Waals surface area contributed by atoms with Crippen molar-refractivity contribution >= 4 is 17.5 Å². The van der Waals surface area contributed by atoms with Crippen molar-refractivity contribution in [2.45, 2.75) is 13.5 Å². The van der Waals surface area contributed by atoms with Gasteiger partial charge in [-0.1, -0.05) is 0 Å². The fraction of sp³-hybridized carbons (Fsp3) is 0.200. The van der Waals surface area contributed by atoms with E-state index in [2.05, 4.69) is 10.6 Å². The summed E-state index contributed by atoms with van der Waals surface area (Å²) in [6.45, 7) is 1.69. The van der Waals surface area contributed by atoms with Crippen LogP contribution in [0.1, 0.15) is 23.0 Å². The molecule has 2 rings (SSSR count). The summed E-state index contributed by atoms with van der Waals surface area (Å²) in [5.41, 5.74) is 0.877. The largest absolute Gasteiger partial charge is 0.495 e. The minimum atomic E-state index is -0.263. The maximum absolute atomic E-state index is 12.1. The van der Waals surface area contributed by atoms with Crippen LogP contribution in [0.15, 0.2) is 41.0 Å². The molecule has 1 aromatic heterocycles. The standard InChI is InChI=1S/C15H16N2O4/c1-10(18)17-13-8-11(5-6-14(13)20-2)15(19)16-9-12-4-3-7-21-12/h3-8H,9H2,1-2H3,(H,16,19)(H,17,18). The number of rotatable bonds is 5. The number of hydrogen-bond acceptors (Lipinski definition) is 4. The maximum atomic E-state index is 12.1. The molecule has 0 bridgehead atoms. The number of ether oxygens (including phenoxy) is 1. The Bertz CT molecular complexity index is 635. The predicted octanol–water partition coefficient (Wildman–Crippen LogP) is 2.18. The zero-order valence-corrected chi connectivity index (χ0v) is 11.8. The molecule has 0 radical (unpaired) electrons. The van der Waals surface area contributed by atoms with E-state index in [1.807, 2.05) is 0 Å². The van der Waals surface area contributed by atoms with Gasteiger partial charge in [-0.05, 0) is 30.3 Å². The van der Waals surface area contributed by atoms with Crippen LogP contribution >= 0.6 is 0 Å². The lowest BCUT2D eigenvalue weighted by atomic mass is 10.1. The predicted molar refractivity (Wildman–Crippen MR) is 77.2 cm³/mol. The summed E-state index contributed by atoms with van der Waals surface area (Å²) >= 11 is 0. The molecule has 1 aromatic carbocycles. The molecule has 0 spiro atoms. The van der Waals surface area contributed by atoms with Gasteiger partial charge in [-0.15, -0.1) is 0 Å². The van der Waals surface area contributed by atoms with Gasteiger partial charge in [-0.25, -0.2) is 0 Å². The van der Waals surface area contributed by atoms with Crippen LogP contribution in [-0.4, -0.2) is 18.9 Å². The highest BCUT2D eigenvalue weighted by Gasteiger charge is 2.11. The van der Waals surface area contributed by atoms with Crippen LogP contribution < -0.4 is 15.4 Å². The second kappa shape index (κ2) is 6.60. The van der Waals surface area contributed by atoms with E-state index >= 15 is 0 Å². The quantitative estimate of drug-likeness (QED) is 0.883. The fourth-order valence-electron chi connectivity index (χ4n) is 1.82. The molecule has 2 aromatic rings. The summed E-state index contributed by atoms with van der Waals surface area (Å²) < 4.78 is 10.3. The maximum Gasteiger partial charge on any atom is 0.251 e. The van der Waals surface area contributed by atoms with E-state index in [1.54, 1.807) is 36.6 Å².